The van der Waals surface area contributed by atoms with Crippen molar-refractivity contribution in [2.75, 3.05) is 30.5 Å². The van der Waals surface area contributed by atoms with Gasteiger partial charge >= 0.3 is 12.0 Å². The van der Waals surface area contributed by atoms with Crippen LogP contribution in [0.2, 0.25) is 0 Å². The van der Waals surface area contributed by atoms with Crippen molar-refractivity contribution in [3.8, 4) is 11.5 Å². The number of imide groups is 1. The molecule has 4 rings (SSSR count). The zero-order valence-corrected chi connectivity index (χ0v) is 17.3. The third-order valence-corrected chi connectivity index (χ3v) is 4.75. The smallest absolute Gasteiger partial charge is 0.338 e. The molecule has 0 bridgehead atoms. The first-order chi connectivity index (χ1) is 15.9. The molecule has 0 aromatic heterocycles. The van der Waals surface area contributed by atoms with Crippen LogP contribution in [0.25, 0.3) is 0 Å². The highest BCUT2D eigenvalue weighted by Crippen LogP contribution is 2.33. The zero-order valence-electron chi connectivity index (χ0n) is 17.3. The van der Waals surface area contributed by atoms with E-state index in [0.717, 1.165) is 18.9 Å². The summed E-state index contributed by atoms with van der Waals surface area (Å²) < 4.78 is 15.7. The summed E-state index contributed by atoms with van der Waals surface area (Å²) in [6, 6.07) is 7.98. The summed E-state index contributed by atoms with van der Waals surface area (Å²) in [7, 11) is 0. The monoisotopic (exact) mass is 456 g/mol. The Morgan fingerprint density at radius 1 is 1.06 bits per heavy atom. The topological polar surface area (TPSA) is 158 Å². The molecule has 1 heterocycles. The second-order valence-corrected chi connectivity index (χ2v) is 7.34. The number of nitro benzene ring substituents is 1. The molecular formula is C21H20N4O8. The number of esters is 1. The summed E-state index contributed by atoms with van der Waals surface area (Å²) >= 11 is 0. The van der Waals surface area contributed by atoms with Crippen molar-refractivity contribution < 1.29 is 33.5 Å². The molecule has 12 nitrogen and oxygen atoms in total. The maximum Gasteiger partial charge on any atom is 0.338 e. The molecule has 0 unspecified atom stereocenters. The highest BCUT2D eigenvalue weighted by atomic mass is 16.6. The lowest BCUT2D eigenvalue weighted by molar-refractivity contribution is -0.384. The second kappa shape index (κ2) is 9.42. The number of carbonyl (C=O) groups excluding carboxylic acids is 3. The summed E-state index contributed by atoms with van der Waals surface area (Å²) in [5, 5.41) is 18.8. The van der Waals surface area contributed by atoms with E-state index < -0.39 is 29.4 Å². The Balaban J connectivity index is 1.28. The highest BCUT2D eigenvalue weighted by Gasteiger charge is 2.26. The van der Waals surface area contributed by atoms with Crippen LogP contribution >= 0.6 is 0 Å². The maximum atomic E-state index is 12.2. The van der Waals surface area contributed by atoms with E-state index in [1.807, 2.05) is 5.32 Å². The van der Waals surface area contributed by atoms with E-state index in [4.69, 9.17) is 14.2 Å². The van der Waals surface area contributed by atoms with Crippen molar-refractivity contribution in [1.82, 2.24) is 5.32 Å². The molecule has 0 saturated heterocycles. The standard InChI is InChI=1S/C21H20N4O8/c26-19(24-21(28)23-14-4-6-17-18(10-14)32-8-7-31-17)11-33-20(27)12-1-5-15(22-13-2-3-13)16(9-12)25(29)30/h1,4-6,9-10,13,22H,2-3,7-8,11H2,(H2,23,24,26,28). The minimum atomic E-state index is -0.932. The lowest BCUT2D eigenvalue weighted by Gasteiger charge is -2.19. The predicted octanol–water partition coefficient (Wildman–Crippen LogP) is 2.45. The number of benzene rings is 2. The summed E-state index contributed by atoms with van der Waals surface area (Å²) in [5.74, 6) is -0.795. The number of carbonyl (C=O) groups is 3. The van der Waals surface area contributed by atoms with Crippen LogP contribution < -0.4 is 25.4 Å². The lowest BCUT2D eigenvalue weighted by atomic mass is 10.1. The van der Waals surface area contributed by atoms with Crippen LogP contribution in [-0.2, 0) is 9.53 Å². The average Bonchev–Trinajstić information content (AvgIpc) is 3.61. The normalized spacial score (nSPS) is 14.1. The SMILES string of the molecule is O=C(COC(=O)c1ccc(NC2CC2)c([N+](=O)[O-])c1)NC(=O)Nc1ccc2c(c1)OCCO2. The van der Waals surface area contributed by atoms with E-state index in [1.165, 1.54) is 12.1 Å². The Morgan fingerprint density at radius 2 is 1.82 bits per heavy atom. The number of anilines is 2. The van der Waals surface area contributed by atoms with E-state index in [1.54, 1.807) is 18.2 Å². The third kappa shape index (κ3) is 5.67. The first-order valence-corrected chi connectivity index (χ1v) is 10.1. The number of nitrogens with one attached hydrogen (secondary N) is 3. The van der Waals surface area contributed by atoms with Gasteiger partial charge in [0.1, 0.15) is 18.9 Å². The van der Waals surface area contributed by atoms with Gasteiger partial charge in [-0.3, -0.25) is 20.2 Å². The van der Waals surface area contributed by atoms with Crippen LogP contribution in [0.5, 0.6) is 11.5 Å². The molecule has 2 aromatic rings. The Hall–Kier alpha value is -4.35. The molecule has 1 aliphatic heterocycles. The molecule has 0 spiro atoms. The van der Waals surface area contributed by atoms with Crippen molar-refractivity contribution in [3.63, 3.8) is 0 Å². The number of rotatable bonds is 7. The van der Waals surface area contributed by atoms with Crippen molar-refractivity contribution in [2.24, 2.45) is 0 Å². The Bertz CT molecular complexity index is 1120. The van der Waals surface area contributed by atoms with Gasteiger partial charge in [0.05, 0.1) is 10.5 Å². The van der Waals surface area contributed by atoms with Crippen molar-refractivity contribution in [3.05, 3.63) is 52.1 Å². The molecule has 12 heteroatoms. The van der Waals surface area contributed by atoms with Crippen LogP contribution in [0.1, 0.15) is 23.2 Å². The number of nitrogens with zero attached hydrogens (tertiary/aromatic N) is 1. The summed E-state index contributed by atoms with van der Waals surface area (Å²) in [6.07, 6.45) is 1.86. The molecular weight excluding hydrogens is 436 g/mol. The molecule has 2 aromatic carbocycles. The number of fused-ring (bicyclic) bond motifs is 1. The van der Waals surface area contributed by atoms with Gasteiger partial charge in [0, 0.05) is 23.9 Å². The predicted molar refractivity (Wildman–Crippen MR) is 115 cm³/mol. The minimum absolute atomic E-state index is 0.0865. The molecule has 3 N–H and O–H groups in total. The van der Waals surface area contributed by atoms with E-state index in [-0.39, 0.29) is 17.3 Å². The first kappa shape index (κ1) is 21.9. The molecule has 1 aliphatic carbocycles. The Morgan fingerprint density at radius 3 is 2.55 bits per heavy atom. The number of urea groups is 1. The highest BCUT2D eigenvalue weighted by molar-refractivity contribution is 6.02. The zero-order chi connectivity index (χ0) is 23.4. The van der Waals surface area contributed by atoms with Crippen LogP contribution in [0.4, 0.5) is 21.9 Å². The van der Waals surface area contributed by atoms with Crippen molar-refractivity contribution in [2.45, 2.75) is 18.9 Å². The number of nitro groups is 1. The fraction of sp³-hybridized carbons (Fsp3) is 0.286. The average molecular weight is 456 g/mol. The molecule has 0 atom stereocenters. The van der Waals surface area contributed by atoms with Crippen LogP contribution in [0, 0.1) is 10.1 Å². The van der Waals surface area contributed by atoms with Gasteiger partial charge < -0.3 is 24.8 Å². The van der Waals surface area contributed by atoms with Crippen molar-refractivity contribution in [1.29, 1.82) is 0 Å². The van der Waals surface area contributed by atoms with Gasteiger partial charge in [0.25, 0.3) is 11.6 Å². The molecule has 2 aliphatic rings. The quantitative estimate of drug-likeness (QED) is 0.323. The van der Waals surface area contributed by atoms with Crippen molar-refractivity contribution >= 4 is 35.0 Å². The van der Waals surface area contributed by atoms with Gasteiger partial charge in [-0.15, -0.1) is 0 Å². The number of hydrogen-bond acceptors (Lipinski definition) is 9. The summed E-state index contributed by atoms with van der Waals surface area (Å²) in [6.45, 7) is 0.0704. The third-order valence-electron chi connectivity index (χ3n) is 4.75. The number of ether oxygens (including phenoxy) is 3. The van der Waals surface area contributed by atoms with E-state index in [9.17, 15) is 24.5 Å². The maximum absolute atomic E-state index is 12.2. The molecule has 172 valence electrons. The summed E-state index contributed by atoms with van der Waals surface area (Å²) in [4.78, 5) is 46.9. The first-order valence-electron chi connectivity index (χ1n) is 10.1. The summed E-state index contributed by atoms with van der Waals surface area (Å²) in [5.41, 5.74) is 0.331. The minimum Gasteiger partial charge on any atom is -0.486 e. The molecule has 3 amide bonds. The molecule has 1 saturated carbocycles. The van der Waals surface area contributed by atoms with Gasteiger partial charge in [-0.05, 0) is 37.1 Å². The van der Waals surface area contributed by atoms with Gasteiger partial charge in [-0.1, -0.05) is 0 Å². The van der Waals surface area contributed by atoms with Gasteiger partial charge in [-0.25, -0.2) is 9.59 Å². The fourth-order valence-electron chi connectivity index (χ4n) is 3.04. The second-order valence-electron chi connectivity index (χ2n) is 7.34. The van der Waals surface area contributed by atoms with Crippen LogP contribution in [0.3, 0.4) is 0 Å². The number of amides is 3. The van der Waals surface area contributed by atoms with E-state index in [2.05, 4.69) is 10.6 Å². The van der Waals surface area contributed by atoms with Gasteiger partial charge in [0.2, 0.25) is 0 Å². The fourth-order valence-corrected chi connectivity index (χ4v) is 3.04. The Labute approximate surface area is 187 Å². The van der Waals surface area contributed by atoms with E-state index >= 15 is 0 Å². The molecule has 33 heavy (non-hydrogen) atoms. The van der Waals surface area contributed by atoms with Gasteiger partial charge in [-0.2, -0.15) is 0 Å². The molecule has 0 radical (unpaired) electrons. The van der Waals surface area contributed by atoms with Crippen LogP contribution in [-0.4, -0.2) is 48.7 Å². The Kier molecular flexibility index (Phi) is 6.24. The van der Waals surface area contributed by atoms with E-state index in [0.29, 0.717) is 36.1 Å². The number of hydrogen-bond donors (Lipinski definition) is 3. The van der Waals surface area contributed by atoms with Crippen LogP contribution in [0.15, 0.2) is 36.4 Å². The molecule has 1 fully saturated rings. The largest absolute Gasteiger partial charge is 0.486 e. The van der Waals surface area contributed by atoms with Gasteiger partial charge in [0.15, 0.2) is 18.1 Å². The lowest BCUT2D eigenvalue weighted by Crippen LogP contribution is -2.37.